The quantitative estimate of drug-likeness (QED) is 0.460. The van der Waals surface area contributed by atoms with E-state index in [0.29, 0.717) is 21.1 Å². The molecular weight excluding hydrogens is 431 g/mol. The zero-order chi connectivity index (χ0) is 19.0. The SMILES string of the molecule is CC(NC(=O)c1cc2c(F)cc(Br)cc2[nH]1)c1nc(-c2cccnc2)cs1. The number of halogens is 2. The Morgan fingerprint density at radius 2 is 2.22 bits per heavy atom. The Bertz CT molecular complexity index is 1130. The maximum Gasteiger partial charge on any atom is 0.268 e. The normalized spacial score (nSPS) is 12.3. The van der Waals surface area contributed by atoms with Gasteiger partial charge < -0.3 is 10.3 Å². The minimum Gasteiger partial charge on any atom is -0.350 e. The molecule has 27 heavy (non-hydrogen) atoms. The highest BCUT2D eigenvalue weighted by Gasteiger charge is 2.18. The van der Waals surface area contributed by atoms with Gasteiger partial charge in [-0.15, -0.1) is 11.3 Å². The van der Waals surface area contributed by atoms with Crippen molar-refractivity contribution in [2.24, 2.45) is 0 Å². The smallest absolute Gasteiger partial charge is 0.268 e. The van der Waals surface area contributed by atoms with E-state index in [1.54, 1.807) is 18.5 Å². The lowest BCUT2D eigenvalue weighted by atomic mass is 10.2. The van der Waals surface area contributed by atoms with Gasteiger partial charge in [-0.2, -0.15) is 0 Å². The minimum atomic E-state index is -0.385. The zero-order valence-electron chi connectivity index (χ0n) is 14.2. The summed E-state index contributed by atoms with van der Waals surface area (Å²) >= 11 is 4.72. The van der Waals surface area contributed by atoms with E-state index in [1.807, 2.05) is 24.4 Å². The number of thiazole rings is 1. The lowest BCUT2D eigenvalue weighted by Crippen LogP contribution is -2.26. The third-order valence-electron chi connectivity index (χ3n) is 4.09. The highest BCUT2D eigenvalue weighted by molar-refractivity contribution is 9.10. The van der Waals surface area contributed by atoms with E-state index < -0.39 is 0 Å². The largest absolute Gasteiger partial charge is 0.350 e. The average Bonchev–Trinajstić information content (AvgIpc) is 3.30. The van der Waals surface area contributed by atoms with Crippen molar-refractivity contribution in [1.82, 2.24) is 20.3 Å². The van der Waals surface area contributed by atoms with Crippen molar-refractivity contribution in [3.8, 4) is 11.3 Å². The lowest BCUT2D eigenvalue weighted by molar-refractivity contribution is 0.0935. The van der Waals surface area contributed by atoms with E-state index in [1.165, 1.54) is 23.5 Å². The summed E-state index contributed by atoms with van der Waals surface area (Å²) in [5.74, 6) is -0.698. The minimum absolute atomic E-state index is 0.282. The van der Waals surface area contributed by atoms with Crippen LogP contribution < -0.4 is 5.32 Å². The average molecular weight is 445 g/mol. The van der Waals surface area contributed by atoms with Gasteiger partial charge in [-0.1, -0.05) is 15.9 Å². The van der Waals surface area contributed by atoms with Gasteiger partial charge in [0.25, 0.3) is 5.91 Å². The molecule has 0 saturated heterocycles. The molecule has 1 atom stereocenters. The first kappa shape index (κ1) is 17.8. The predicted molar refractivity (Wildman–Crippen MR) is 107 cm³/mol. The second kappa shape index (κ2) is 7.21. The van der Waals surface area contributed by atoms with Crippen LogP contribution in [0.15, 0.2) is 52.6 Å². The first-order valence-corrected chi connectivity index (χ1v) is 9.83. The predicted octanol–water partition coefficient (Wildman–Crippen LogP) is 5.08. The molecule has 0 aliphatic rings. The number of nitrogens with zero attached hydrogens (tertiary/aromatic N) is 2. The van der Waals surface area contributed by atoms with Gasteiger partial charge in [0.1, 0.15) is 16.5 Å². The Morgan fingerprint density at radius 1 is 1.37 bits per heavy atom. The molecule has 0 radical (unpaired) electrons. The molecule has 3 aromatic heterocycles. The number of nitrogens with one attached hydrogen (secondary N) is 2. The van der Waals surface area contributed by atoms with E-state index in [0.717, 1.165) is 16.3 Å². The van der Waals surface area contributed by atoms with Crippen molar-refractivity contribution in [2.45, 2.75) is 13.0 Å². The van der Waals surface area contributed by atoms with Crippen LogP contribution in [0.1, 0.15) is 28.5 Å². The van der Waals surface area contributed by atoms with Gasteiger partial charge in [-0.05, 0) is 37.3 Å². The fraction of sp³-hybridized carbons (Fsp3) is 0.105. The molecule has 0 saturated carbocycles. The number of aromatic nitrogens is 3. The number of carbonyl (C=O) groups excluding carboxylic acids is 1. The summed E-state index contributed by atoms with van der Waals surface area (Å²) in [6.45, 7) is 1.86. The van der Waals surface area contributed by atoms with Crippen LogP contribution in [-0.4, -0.2) is 20.9 Å². The van der Waals surface area contributed by atoms with Crippen LogP contribution in [0.2, 0.25) is 0 Å². The maximum atomic E-state index is 14.0. The molecule has 0 fully saturated rings. The number of fused-ring (bicyclic) bond motifs is 1. The number of rotatable bonds is 4. The van der Waals surface area contributed by atoms with Crippen molar-refractivity contribution in [2.75, 3.05) is 0 Å². The third-order valence-corrected chi connectivity index (χ3v) is 5.58. The molecule has 0 spiro atoms. The Hall–Kier alpha value is -2.58. The van der Waals surface area contributed by atoms with Crippen LogP contribution in [0, 0.1) is 5.82 Å². The van der Waals surface area contributed by atoms with Gasteiger partial charge in [0.05, 0.1) is 17.3 Å². The number of hydrogen-bond acceptors (Lipinski definition) is 4. The Labute approximate surface area is 166 Å². The standard InChI is InChI=1S/C19H14BrFN4OS/c1-10(19-25-17(9-27-19)11-3-2-4-22-8-11)23-18(26)16-7-13-14(21)5-12(20)6-15(13)24-16/h2-10,24H,1H3,(H,23,26). The van der Waals surface area contributed by atoms with Gasteiger partial charge in [0, 0.05) is 33.2 Å². The Balaban J connectivity index is 1.53. The van der Waals surface area contributed by atoms with Crippen LogP contribution in [0.3, 0.4) is 0 Å². The summed E-state index contributed by atoms with van der Waals surface area (Å²) in [4.78, 5) is 24.2. The molecule has 5 nitrogen and oxygen atoms in total. The number of hydrogen-bond donors (Lipinski definition) is 2. The number of aromatic amines is 1. The van der Waals surface area contributed by atoms with Crippen LogP contribution in [0.5, 0.6) is 0 Å². The molecule has 8 heteroatoms. The summed E-state index contributed by atoms with van der Waals surface area (Å²) in [6.07, 6.45) is 3.46. The highest BCUT2D eigenvalue weighted by atomic mass is 79.9. The Kier molecular flexibility index (Phi) is 4.75. The molecule has 3 heterocycles. The molecule has 0 aliphatic carbocycles. The number of benzene rings is 1. The second-order valence-electron chi connectivity index (χ2n) is 6.04. The van der Waals surface area contributed by atoms with Gasteiger partial charge >= 0.3 is 0 Å². The van der Waals surface area contributed by atoms with Gasteiger partial charge in [0.2, 0.25) is 0 Å². The van der Waals surface area contributed by atoms with Crippen molar-refractivity contribution < 1.29 is 9.18 Å². The van der Waals surface area contributed by atoms with E-state index >= 15 is 0 Å². The van der Waals surface area contributed by atoms with Crippen molar-refractivity contribution in [3.63, 3.8) is 0 Å². The summed E-state index contributed by atoms with van der Waals surface area (Å²) in [5.41, 5.74) is 2.61. The van der Waals surface area contributed by atoms with Crippen molar-refractivity contribution in [1.29, 1.82) is 0 Å². The molecule has 1 unspecified atom stereocenters. The van der Waals surface area contributed by atoms with Crippen molar-refractivity contribution in [3.05, 3.63) is 69.1 Å². The fourth-order valence-corrected chi connectivity index (χ4v) is 4.02. The van der Waals surface area contributed by atoms with E-state index in [9.17, 15) is 9.18 Å². The molecule has 0 aliphatic heterocycles. The molecule has 4 aromatic rings. The monoisotopic (exact) mass is 444 g/mol. The van der Waals surface area contributed by atoms with E-state index in [2.05, 4.69) is 36.2 Å². The van der Waals surface area contributed by atoms with E-state index in [-0.39, 0.29) is 17.8 Å². The lowest BCUT2D eigenvalue weighted by Gasteiger charge is -2.10. The van der Waals surface area contributed by atoms with Crippen LogP contribution >= 0.6 is 27.3 Å². The molecule has 0 bridgehead atoms. The first-order chi connectivity index (χ1) is 13.0. The fourth-order valence-electron chi connectivity index (χ4n) is 2.75. The highest BCUT2D eigenvalue weighted by Crippen LogP contribution is 2.26. The molecule has 4 rings (SSSR count). The maximum absolute atomic E-state index is 14.0. The molecule has 1 aromatic carbocycles. The number of carbonyl (C=O) groups is 1. The van der Waals surface area contributed by atoms with Crippen LogP contribution in [-0.2, 0) is 0 Å². The summed E-state index contributed by atoms with van der Waals surface area (Å²) in [7, 11) is 0. The summed E-state index contributed by atoms with van der Waals surface area (Å²) < 4.78 is 14.6. The topological polar surface area (TPSA) is 70.7 Å². The van der Waals surface area contributed by atoms with Crippen LogP contribution in [0.4, 0.5) is 4.39 Å². The van der Waals surface area contributed by atoms with Crippen molar-refractivity contribution >= 4 is 44.1 Å². The second-order valence-corrected chi connectivity index (χ2v) is 7.85. The molecule has 1 amide bonds. The third kappa shape index (κ3) is 3.63. The number of amides is 1. The number of pyridine rings is 1. The van der Waals surface area contributed by atoms with E-state index in [4.69, 9.17) is 0 Å². The van der Waals surface area contributed by atoms with Gasteiger partial charge in [-0.3, -0.25) is 9.78 Å². The van der Waals surface area contributed by atoms with Gasteiger partial charge in [-0.25, -0.2) is 9.37 Å². The Morgan fingerprint density at radius 3 is 3.00 bits per heavy atom. The summed E-state index contributed by atoms with van der Waals surface area (Å²) in [6, 6.07) is 8.13. The summed E-state index contributed by atoms with van der Waals surface area (Å²) in [5, 5.41) is 6.00. The molecule has 136 valence electrons. The first-order valence-electron chi connectivity index (χ1n) is 8.15. The number of H-pyrrole nitrogens is 1. The molecule has 2 N–H and O–H groups in total. The zero-order valence-corrected chi connectivity index (χ0v) is 16.6. The molecular formula is C19H14BrFN4OS. The van der Waals surface area contributed by atoms with Gasteiger partial charge in [0.15, 0.2) is 0 Å². The van der Waals surface area contributed by atoms with Crippen LogP contribution in [0.25, 0.3) is 22.2 Å².